The molecule has 1 amide bonds. The number of anilines is 1. The molecule has 2 rings (SSSR count). The van der Waals surface area contributed by atoms with Crippen molar-refractivity contribution in [3.63, 3.8) is 0 Å². The van der Waals surface area contributed by atoms with Crippen LogP contribution in [-0.4, -0.2) is 33.7 Å². The minimum Gasteiger partial charge on any atom is -0.355 e. The molecule has 26 heavy (non-hydrogen) atoms. The molecule has 0 aromatic heterocycles. The summed E-state index contributed by atoms with van der Waals surface area (Å²) in [5.41, 5.74) is 1.41. The first-order valence-corrected chi connectivity index (χ1v) is 10.6. The molecule has 0 aliphatic carbocycles. The van der Waals surface area contributed by atoms with Gasteiger partial charge in [-0.15, -0.1) is 0 Å². The summed E-state index contributed by atoms with van der Waals surface area (Å²) in [5.74, 6) is -0.371. The number of carbonyl (C=O) groups excluding carboxylic acids is 1. The number of sulfonamides is 1. The van der Waals surface area contributed by atoms with Crippen LogP contribution >= 0.6 is 23.2 Å². The highest BCUT2D eigenvalue weighted by Crippen LogP contribution is 2.20. The van der Waals surface area contributed by atoms with E-state index in [-0.39, 0.29) is 12.5 Å². The molecule has 8 heteroatoms. The van der Waals surface area contributed by atoms with Crippen molar-refractivity contribution in [3.05, 3.63) is 64.1 Å². The second kappa shape index (κ2) is 9.26. The first kappa shape index (κ1) is 20.6. The van der Waals surface area contributed by atoms with Gasteiger partial charge in [0.05, 0.1) is 11.9 Å². The van der Waals surface area contributed by atoms with Gasteiger partial charge in [-0.1, -0.05) is 41.4 Å². The zero-order valence-electron chi connectivity index (χ0n) is 14.3. The Labute approximate surface area is 164 Å². The number of aryl methyl sites for hydroxylation is 1. The summed E-state index contributed by atoms with van der Waals surface area (Å²) in [5, 5.41) is 3.93. The lowest BCUT2D eigenvalue weighted by Gasteiger charge is -2.22. The number of benzene rings is 2. The van der Waals surface area contributed by atoms with Gasteiger partial charge in [0.25, 0.3) is 0 Å². The summed E-state index contributed by atoms with van der Waals surface area (Å²) in [6.07, 6.45) is 2.49. The van der Waals surface area contributed by atoms with Gasteiger partial charge in [0, 0.05) is 16.6 Å². The second-order valence-corrected chi connectivity index (χ2v) is 8.54. The van der Waals surface area contributed by atoms with Crippen molar-refractivity contribution in [3.8, 4) is 0 Å². The summed E-state index contributed by atoms with van der Waals surface area (Å²) >= 11 is 11.9. The standard InChI is InChI=1S/C18H20Cl2N2O3S/c1-26(24,25)22(16-10-8-15(19)9-11-16)13-18(23)21-12-4-6-14-5-2-3-7-17(14)20/h2-3,5,7-11H,4,6,12-13H2,1H3,(H,21,23). The summed E-state index contributed by atoms with van der Waals surface area (Å²) in [4.78, 5) is 12.1. The maximum Gasteiger partial charge on any atom is 0.240 e. The highest BCUT2D eigenvalue weighted by Gasteiger charge is 2.20. The Hall–Kier alpha value is -1.76. The van der Waals surface area contributed by atoms with Crippen LogP contribution < -0.4 is 9.62 Å². The van der Waals surface area contributed by atoms with E-state index in [9.17, 15) is 13.2 Å². The van der Waals surface area contributed by atoms with E-state index in [2.05, 4.69) is 5.32 Å². The van der Waals surface area contributed by atoms with E-state index in [1.54, 1.807) is 24.3 Å². The van der Waals surface area contributed by atoms with E-state index < -0.39 is 10.0 Å². The Morgan fingerprint density at radius 3 is 2.35 bits per heavy atom. The highest BCUT2D eigenvalue weighted by atomic mass is 35.5. The number of amides is 1. The molecule has 1 N–H and O–H groups in total. The fourth-order valence-electron chi connectivity index (χ4n) is 2.40. The SMILES string of the molecule is CS(=O)(=O)N(CC(=O)NCCCc1ccccc1Cl)c1ccc(Cl)cc1. The predicted octanol–water partition coefficient (Wildman–Crippen LogP) is 3.51. The van der Waals surface area contributed by atoms with E-state index >= 15 is 0 Å². The third-order valence-electron chi connectivity index (χ3n) is 3.71. The van der Waals surface area contributed by atoms with Crippen LogP contribution in [-0.2, 0) is 21.2 Å². The fraction of sp³-hybridized carbons (Fsp3) is 0.278. The average molecular weight is 415 g/mol. The molecule has 0 unspecified atom stereocenters. The molecule has 0 aliphatic rings. The van der Waals surface area contributed by atoms with E-state index in [4.69, 9.17) is 23.2 Å². The first-order valence-electron chi connectivity index (χ1n) is 8.01. The maximum absolute atomic E-state index is 12.1. The summed E-state index contributed by atoms with van der Waals surface area (Å²) < 4.78 is 25.1. The largest absolute Gasteiger partial charge is 0.355 e. The van der Waals surface area contributed by atoms with Crippen LogP contribution in [0.15, 0.2) is 48.5 Å². The van der Waals surface area contributed by atoms with Crippen molar-refractivity contribution in [1.29, 1.82) is 0 Å². The Morgan fingerprint density at radius 1 is 1.08 bits per heavy atom. The molecular weight excluding hydrogens is 395 g/mol. The van der Waals surface area contributed by atoms with Crippen molar-refractivity contribution >= 4 is 44.8 Å². The summed E-state index contributed by atoms with van der Waals surface area (Å²) in [7, 11) is -3.59. The molecule has 0 spiro atoms. The zero-order chi connectivity index (χ0) is 19.2. The molecule has 140 valence electrons. The van der Waals surface area contributed by atoms with Crippen LogP contribution in [0.1, 0.15) is 12.0 Å². The molecule has 5 nitrogen and oxygen atoms in total. The Kier molecular flexibility index (Phi) is 7.32. The lowest BCUT2D eigenvalue weighted by molar-refractivity contribution is -0.119. The van der Waals surface area contributed by atoms with Gasteiger partial charge in [-0.25, -0.2) is 8.42 Å². The van der Waals surface area contributed by atoms with Crippen molar-refractivity contribution in [2.24, 2.45) is 0 Å². The minimum absolute atomic E-state index is 0.285. The molecular formula is C18H20Cl2N2O3S. The summed E-state index contributed by atoms with van der Waals surface area (Å²) in [6, 6.07) is 13.8. The zero-order valence-corrected chi connectivity index (χ0v) is 16.6. The molecule has 0 heterocycles. The lowest BCUT2D eigenvalue weighted by atomic mass is 10.1. The normalized spacial score (nSPS) is 11.2. The van der Waals surface area contributed by atoms with Crippen LogP contribution in [0.4, 0.5) is 5.69 Å². The smallest absolute Gasteiger partial charge is 0.240 e. The van der Waals surface area contributed by atoms with Crippen LogP contribution in [0.25, 0.3) is 0 Å². The van der Waals surface area contributed by atoms with E-state index in [1.165, 1.54) is 0 Å². The number of rotatable bonds is 8. The third kappa shape index (κ3) is 6.20. The fourth-order valence-corrected chi connectivity index (χ4v) is 3.61. The third-order valence-corrected chi connectivity index (χ3v) is 5.47. The lowest BCUT2D eigenvalue weighted by Crippen LogP contribution is -2.40. The number of nitrogens with zero attached hydrogens (tertiary/aromatic N) is 1. The van der Waals surface area contributed by atoms with Gasteiger partial charge >= 0.3 is 0 Å². The summed E-state index contributed by atoms with van der Waals surface area (Å²) in [6.45, 7) is 0.148. The Morgan fingerprint density at radius 2 is 1.73 bits per heavy atom. The topological polar surface area (TPSA) is 66.5 Å². The quantitative estimate of drug-likeness (QED) is 0.671. The number of halogens is 2. The monoisotopic (exact) mass is 414 g/mol. The number of hydrogen-bond acceptors (Lipinski definition) is 3. The number of carbonyl (C=O) groups is 1. The average Bonchev–Trinajstić information content (AvgIpc) is 2.58. The van der Waals surface area contributed by atoms with Crippen LogP contribution in [0, 0.1) is 0 Å². The van der Waals surface area contributed by atoms with Gasteiger partial charge in [-0.05, 0) is 48.7 Å². The van der Waals surface area contributed by atoms with Crippen molar-refractivity contribution < 1.29 is 13.2 Å². The van der Waals surface area contributed by atoms with Crippen molar-refractivity contribution in [1.82, 2.24) is 5.32 Å². The van der Waals surface area contributed by atoms with Crippen LogP contribution in [0.5, 0.6) is 0 Å². The van der Waals surface area contributed by atoms with Crippen molar-refractivity contribution in [2.75, 3.05) is 23.7 Å². The Bertz CT molecular complexity index is 855. The molecule has 2 aromatic rings. The molecule has 0 aliphatic heterocycles. The molecule has 0 saturated heterocycles. The van der Waals surface area contributed by atoms with Gasteiger partial charge in [-0.2, -0.15) is 0 Å². The van der Waals surface area contributed by atoms with E-state index in [0.717, 1.165) is 22.5 Å². The number of hydrogen-bond donors (Lipinski definition) is 1. The van der Waals surface area contributed by atoms with Crippen LogP contribution in [0.2, 0.25) is 10.0 Å². The molecule has 0 radical (unpaired) electrons. The molecule has 0 atom stereocenters. The van der Waals surface area contributed by atoms with Gasteiger partial charge < -0.3 is 5.32 Å². The first-order chi connectivity index (χ1) is 12.3. The van der Waals surface area contributed by atoms with Gasteiger partial charge in [0.2, 0.25) is 15.9 Å². The predicted molar refractivity (Wildman–Crippen MR) is 106 cm³/mol. The molecule has 0 saturated carbocycles. The molecule has 2 aromatic carbocycles. The van der Waals surface area contributed by atoms with E-state index in [1.807, 2.05) is 24.3 Å². The molecule has 0 fully saturated rings. The number of nitrogens with one attached hydrogen (secondary N) is 1. The minimum atomic E-state index is -3.59. The van der Waals surface area contributed by atoms with E-state index in [0.29, 0.717) is 28.7 Å². The highest BCUT2D eigenvalue weighted by molar-refractivity contribution is 7.92. The Balaban J connectivity index is 1.89. The van der Waals surface area contributed by atoms with Gasteiger partial charge in [0.1, 0.15) is 6.54 Å². The van der Waals surface area contributed by atoms with Gasteiger partial charge in [0.15, 0.2) is 0 Å². The molecule has 0 bridgehead atoms. The van der Waals surface area contributed by atoms with Crippen molar-refractivity contribution in [2.45, 2.75) is 12.8 Å². The van der Waals surface area contributed by atoms with Gasteiger partial charge in [-0.3, -0.25) is 9.10 Å². The second-order valence-electron chi connectivity index (χ2n) is 5.79. The maximum atomic E-state index is 12.1. The van der Waals surface area contributed by atoms with Crippen LogP contribution in [0.3, 0.4) is 0 Å².